The standard InChI is InChI=1S/C11H7F3N4O/c12-11(13,14)6-3-7(10(15)19)9(17-4-6)8-1-2-16-5-18-8/h1-5H,(H2,15,19). The van der Waals surface area contributed by atoms with Gasteiger partial charge in [0.15, 0.2) is 0 Å². The molecule has 0 atom stereocenters. The molecule has 0 radical (unpaired) electrons. The van der Waals surface area contributed by atoms with E-state index in [9.17, 15) is 18.0 Å². The molecule has 2 aromatic heterocycles. The Hall–Kier alpha value is -2.51. The van der Waals surface area contributed by atoms with E-state index >= 15 is 0 Å². The van der Waals surface area contributed by atoms with Gasteiger partial charge in [0.05, 0.1) is 16.8 Å². The van der Waals surface area contributed by atoms with Crippen molar-refractivity contribution in [3.8, 4) is 11.4 Å². The third kappa shape index (κ3) is 2.67. The Morgan fingerprint density at radius 2 is 2.00 bits per heavy atom. The summed E-state index contributed by atoms with van der Waals surface area (Å²) >= 11 is 0. The van der Waals surface area contributed by atoms with Crippen LogP contribution in [-0.2, 0) is 6.18 Å². The van der Waals surface area contributed by atoms with E-state index in [-0.39, 0.29) is 17.0 Å². The summed E-state index contributed by atoms with van der Waals surface area (Å²) in [6.45, 7) is 0. The monoisotopic (exact) mass is 268 g/mol. The highest BCUT2D eigenvalue weighted by atomic mass is 19.4. The molecule has 0 aliphatic carbocycles. The molecule has 19 heavy (non-hydrogen) atoms. The van der Waals surface area contributed by atoms with Crippen LogP contribution in [0.2, 0.25) is 0 Å². The molecule has 0 fully saturated rings. The molecule has 0 aliphatic rings. The fraction of sp³-hybridized carbons (Fsp3) is 0.0909. The lowest BCUT2D eigenvalue weighted by molar-refractivity contribution is -0.137. The lowest BCUT2D eigenvalue weighted by Crippen LogP contribution is -2.16. The third-order valence-electron chi connectivity index (χ3n) is 2.31. The molecule has 0 aliphatic heterocycles. The number of rotatable bonds is 2. The highest BCUT2D eigenvalue weighted by Gasteiger charge is 2.32. The van der Waals surface area contributed by atoms with Gasteiger partial charge in [-0.05, 0) is 12.1 Å². The van der Waals surface area contributed by atoms with Crippen LogP contribution < -0.4 is 5.73 Å². The first kappa shape index (κ1) is 12.9. The molecule has 0 spiro atoms. The Morgan fingerprint density at radius 3 is 2.53 bits per heavy atom. The summed E-state index contributed by atoms with van der Waals surface area (Å²) in [6, 6.07) is 2.08. The second kappa shape index (κ2) is 4.63. The molecule has 5 nitrogen and oxygen atoms in total. The molecule has 0 saturated carbocycles. The molecule has 2 rings (SSSR count). The Kier molecular flexibility index (Phi) is 3.16. The van der Waals surface area contributed by atoms with Gasteiger partial charge in [-0.3, -0.25) is 9.78 Å². The van der Waals surface area contributed by atoms with Crippen LogP contribution in [0, 0.1) is 0 Å². The number of aromatic nitrogens is 3. The van der Waals surface area contributed by atoms with Crippen molar-refractivity contribution in [1.29, 1.82) is 0 Å². The lowest BCUT2D eigenvalue weighted by Gasteiger charge is -2.10. The number of primary amides is 1. The maximum Gasteiger partial charge on any atom is 0.417 e. The van der Waals surface area contributed by atoms with Crippen molar-refractivity contribution < 1.29 is 18.0 Å². The van der Waals surface area contributed by atoms with Crippen LogP contribution in [0.5, 0.6) is 0 Å². The van der Waals surface area contributed by atoms with Crippen LogP contribution in [0.4, 0.5) is 13.2 Å². The van der Waals surface area contributed by atoms with Gasteiger partial charge in [0.25, 0.3) is 5.91 Å². The molecular weight excluding hydrogens is 261 g/mol. The van der Waals surface area contributed by atoms with Crippen molar-refractivity contribution in [2.75, 3.05) is 0 Å². The van der Waals surface area contributed by atoms with E-state index in [4.69, 9.17) is 5.73 Å². The number of amides is 1. The summed E-state index contributed by atoms with van der Waals surface area (Å²) in [5, 5.41) is 0. The number of hydrogen-bond donors (Lipinski definition) is 1. The van der Waals surface area contributed by atoms with Crippen LogP contribution in [-0.4, -0.2) is 20.9 Å². The molecule has 2 aromatic rings. The van der Waals surface area contributed by atoms with Crippen molar-refractivity contribution in [1.82, 2.24) is 15.0 Å². The van der Waals surface area contributed by atoms with Gasteiger partial charge < -0.3 is 5.73 Å². The molecule has 1 amide bonds. The van der Waals surface area contributed by atoms with Crippen LogP contribution in [0.15, 0.2) is 30.9 Å². The number of pyridine rings is 1. The van der Waals surface area contributed by atoms with E-state index in [0.717, 1.165) is 0 Å². The number of carbonyl (C=O) groups is 1. The molecule has 0 unspecified atom stereocenters. The fourth-order valence-electron chi connectivity index (χ4n) is 1.44. The first-order valence-corrected chi connectivity index (χ1v) is 5.03. The van der Waals surface area contributed by atoms with Gasteiger partial charge in [-0.1, -0.05) is 0 Å². The predicted octanol–water partition coefficient (Wildman–Crippen LogP) is 1.66. The number of hydrogen-bond acceptors (Lipinski definition) is 4. The van der Waals surface area contributed by atoms with Crippen molar-refractivity contribution in [2.24, 2.45) is 5.73 Å². The summed E-state index contributed by atoms with van der Waals surface area (Å²) < 4.78 is 37.6. The minimum Gasteiger partial charge on any atom is -0.366 e. The number of nitrogens with two attached hydrogens (primary N) is 1. The van der Waals surface area contributed by atoms with E-state index in [0.29, 0.717) is 12.3 Å². The zero-order valence-corrected chi connectivity index (χ0v) is 9.35. The quantitative estimate of drug-likeness (QED) is 0.897. The highest BCUT2D eigenvalue weighted by Crippen LogP contribution is 2.31. The Balaban J connectivity index is 2.61. The van der Waals surface area contributed by atoms with Crippen molar-refractivity contribution in [3.05, 3.63) is 42.0 Å². The van der Waals surface area contributed by atoms with Crippen LogP contribution in [0.3, 0.4) is 0 Å². The van der Waals surface area contributed by atoms with E-state index in [1.165, 1.54) is 18.6 Å². The molecule has 2 N–H and O–H groups in total. The molecule has 98 valence electrons. The van der Waals surface area contributed by atoms with Crippen LogP contribution in [0.25, 0.3) is 11.4 Å². The van der Waals surface area contributed by atoms with E-state index in [1.54, 1.807) is 0 Å². The number of nitrogens with zero attached hydrogens (tertiary/aromatic N) is 3. The normalized spacial score (nSPS) is 11.3. The van der Waals surface area contributed by atoms with E-state index < -0.39 is 17.6 Å². The Bertz CT molecular complexity index is 613. The minimum atomic E-state index is -4.60. The maximum atomic E-state index is 12.5. The van der Waals surface area contributed by atoms with Crippen LogP contribution in [0.1, 0.15) is 15.9 Å². The second-order valence-corrected chi connectivity index (χ2v) is 3.58. The Morgan fingerprint density at radius 1 is 1.26 bits per heavy atom. The molecule has 8 heteroatoms. The molecule has 2 heterocycles. The summed E-state index contributed by atoms with van der Waals surface area (Å²) in [6.07, 6.45) is -1.39. The molecular formula is C11H7F3N4O. The largest absolute Gasteiger partial charge is 0.417 e. The van der Waals surface area contributed by atoms with E-state index in [2.05, 4.69) is 15.0 Å². The zero-order valence-electron chi connectivity index (χ0n) is 9.35. The smallest absolute Gasteiger partial charge is 0.366 e. The molecule has 0 aromatic carbocycles. The SMILES string of the molecule is NC(=O)c1cc(C(F)(F)F)cnc1-c1ccncn1. The topological polar surface area (TPSA) is 81.8 Å². The van der Waals surface area contributed by atoms with Gasteiger partial charge in [-0.25, -0.2) is 9.97 Å². The third-order valence-corrected chi connectivity index (χ3v) is 2.31. The van der Waals surface area contributed by atoms with Gasteiger partial charge in [0, 0.05) is 12.4 Å². The van der Waals surface area contributed by atoms with Crippen LogP contribution >= 0.6 is 0 Å². The minimum absolute atomic E-state index is 0.0112. The maximum absolute atomic E-state index is 12.5. The summed E-state index contributed by atoms with van der Waals surface area (Å²) in [5.74, 6) is -1.01. The average Bonchev–Trinajstić information content (AvgIpc) is 2.38. The van der Waals surface area contributed by atoms with Crippen molar-refractivity contribution in [2.45, 2.75) is 6.18 Å². The summed E-state index contributed by atoms with van der Waals surface area (Å²) in [4.78, 5) is 22.4. The van der Waals surface area contributed by atoms with Gasteiger partial charge in [-0.15, -0.1) is 0 Å². The fourth-order valence-corrected chi connectivity index (χ4v) is 1.44. The van der Waals surface area contributed by atoms with Gasteiger partial charge >= 0.3 is 6.18 Å². The predicted molar refractivity (Wildman–Crippen MR) is 58.8 cm³/mol. The van der Waals surface area contributed by atoms with Crippen molar-refractivity contribution in [3.63, 3.8) is 0 Å². The van der Waals surface area contributed by atoms with Crippen molar-refractivity contribution >= 4 is 5.91 Å². The summed E-state index contributed by atoms with van der Waals surface area (Å²) in [5.41, 5.74) is 3.90. The highest BCUT2D eigenvalue weighted by molar-refractivity contribution is 5.98. The van der Waals surface area contributed by atoms with Gasteiger partial charge in [0.1, 0.15) is 12.0 Å². The average molecular weight is 268 g/mol. The molecule has 0 bridgehead atoms. The second-order valence-electron chi connectivity index (χ2n) is 3.58. The molecule has 0 saturated heterocycles. The number of halogens is 3. The first-order valence-electron chi connectivity index (χ1n) is 5.03. The lowest BCUT2D eigenvalue weighted by atomic mass is 10.1. The van der Waals surface area contributed by atoms with Gasteiger partial charge in [0.2, 0.25) is 0 Å². The van der Waals surface area contributed by atoms with E-state index in [1.807, 2.05) is 0 Å². The zero-order chi connectivity index (χ0) is 14.0. The Labute approximate surface area is 105 Å². The number of alkyl halides is 3. The van der Waals surface area contributed by atoms with Gasteiger partial charge in [-0.2, -0.15) is 13.2 Å². The first-order chi connectivity index (χ1) is 8.89. The summed E-state index contributed by atoms with van der Waals surface area (Å²) in [7, 11) is 0. The number of carbonyl (C=O) groups excluding carboxylic acids is 1.